The number of hydrogen-bond acceptors (Lipinski definition) is 4. The number of furan rings is 1. The van der Waals surface area contributed by atoms with Crippen molar-refractivity contribution < 1.29 is 19.1 Å². The lowest BCUT2D eigenvalue weighted by molar-refractivity contribution is 0.0124. The Kier molecular flexibility index (Phi) is 4.41. The van der Waals surface area contributed by atoms with Crippen LogP contribution < -0.4 is 5.32 Å². The maximum absolute atomic E-state index is 12.5. The maximum Gasteiger partial charge on any atom is 0.287 e. The molecule has 5 nitrogen and oxygen atoms in total. The van der Waals surface area contributed by atoms with Crippen molar-refractivity contribution in [3.8, 4) is 0 Å². The highest BCUT2D eigenvalue weighted by Crippen LogP contribution is 2.30. The monoisotopic (exact) mass is 317 g/mol. The van der Waals surface area contributed by atoms with Crippen molar-refractivity contribution in [1.29, 1.82) is 0 Å². The fourth-order valence-electron chi connectivity index (χ4n) is 3.24. The Hall–Kier alpha value is -1.85. The van der Waals surface area contributed by atoms with Gasteiger partial charge in [0.05, 0.1) is 18.8 Å². The van der Waals surface area contributed by atoms with Crippen molar-refractivity contribution in [3.63, 3.8) is 0 Å². The quantitative estimate of drug-likeness (QED) is 0.909. The smallest absolute Gasteiger partial charge is 0.287 e. The van der Waals surface area contributed by atoms with Gasteiger partial charge in [-0.05, 0) is 44.7 Å². The predicted molar refractivity (Wildman–Crippen MR) is 87.7 cm³/mol. The van der Waals surface area contributed by atoms with Crippen molar-refractivity contribution in [2.45, 2.75) is 45.8 Å². The minimum Gasteiger partial charge on any atom is -0.450 e. The zero-order chi connectivity index (χ0) is 16.6. The molecule has 124 valence electrons. The average molecular weight is 317 g/mol. The Balaban J connectivity index is 1.75. The van der Waals surface area contributed by atoms with Crippen LogP contribution in [0.15, 0.2) is 16.5 Å². The van der Waals surface area contributed by atoms with Crippen LogP contribution in [0, 0.1) is 20.8 Å². The van der Waals surface area contributed by atoms with Gasteiger partial charge in [0, 0.05) is 17.5 Å². The third kappa shape index (κ3) is 2.99. The Labute approximate surface area is 135 Å². The van der Waals surface area contributed by atoms with E-state index in [0.717, 1.165) is 40.5 Å². The fraction of sp³-hybridized carbons (Fsp3) is 0.500. The first-order chi connectivity index (χ1) is 11.0. The zero-order valence-electron chi connectivity index (χ0n) is 13.8. The SMILES string of the molecule is Cc1ccc(C)c2c(C)c(C(=O)NC[C@H]3CC[C@@H](CO)O3)oc12. The molecule has 1 aromatic heterocycles. The van der Waals surface area contributed by atoms with Crippen molar-refractivity contribution in [2.75, 3.05) is 13.2 Å². The summed E-state index contributed by atoms with van der Waals surface area (Å²) in [5.74, 6) is 0.155. The summed E-state index contributed by atoms with van der Waals surface area (Å²) in [6.07, 6.45) is 1.54. The van der Waals surface area contributed by atoms with Crippen LogP contribution in [-0.2, 0) is 4.74 Å². The van der Waals surface area contributed by atoms with Gasteiger partial charge in [0.1, 0.15) is 5.58 Å². The second-order valence-electron chi connectivity index (χ2n) is 6.31. The average Bonchev–Trinajstić information content (AvgIpc) is 3.14. The molecule has 0 spiro atoms. The highest BCUT2D eigenvalue weighted by atomic mass is 16.5. The zero-order valence-corrected chi connectivity index (χ0v) is 13.8. The third-order valence-electron chi connectivity index (χ3n) is 4.58. The van der Waals surface area contributed by atoms with Gasteiger partial charge >= 0.3 is 0 Å². The van der Waals surface area contributed by atoms with E-state index in [1.54, 1.807) is 0 Å². The van der Waals surface area contributed by atoms with Gasteiger partial charge in [0.15, 0.2) is 5.76 Å². The molecule has 1 amide bonds. The second kappa shape index (κ2) is 6.34. The van der Waals surface area contributed by atoms with Gasteiger partial charge in [-0.25, -0.2) is 0 Å². The Morgan fingerprint density at radius 1 is 1.22 bits per heavy atom. The number of nitrogens with one attached hydrogen (secondary N) is 1. The lowest BCUT2D eigenvalue weighted by atomic mass is 10.0. The van der Waals surface area contributed by atoms with Gasteiger partial charge in [0.2, 0.25) is 0 Å². The van der Waals surface area contributed by atoms with E-state index in [1.165, 1.54) is 0 Å². The number of aliphatic hydroxyl groups is 1. The van der Waals surface area contributed by atoms with E-state index < -0.39 is 0 Å². The Morgan fingerprint density at radius 3 is 2.57 bits per heavy atom. The van der Waals surface area contributed by atoms with E-state index in [9.17, 15) is 4.79 Å². The van der Waals surface area contributed by atoms with Gasteiger partial charge in [-0.1, -0.05) is 12.1 Å². The molecule has 1 aliphatic heterocycles. The number of aryl methyl sites for hydroxylation is 3. The van der Waals surface area contributed by atoms with E-state index >= 15 is 0 Å². The number of amides is 1. The number of benzene rings is 1. The number of rotatable bonds is 4. The van der Waals surface area contributed by atoms with Gasteiger partial charge < -0.3 is 19.6 Å². The van der Waals surface area contributed by atoms with Crippen molar-refractivity contribution in [2.24, 2.45) is 0 Å². The molecule has 0 radical (unpaired) electrons. The van der Waals surface area contributed by atoms with Crippen molar-refractivity contribution in [3.05, 3.63) is 34.6 Å². The molecule has 2 N–H and O–H groups in total. The lowest BCUT2D eigenvalue weighted by Gasteiger charge is -2.12. The molecule has 1 aliphatic rings. The summed E-state index contributed by atoms with van der Waals surface area (Å²) in [5, 5.41) is 13.0. The van der Waals surface area contributed by atoms with Crippen LogP contribution in [0.25, 0.3) is 11.0 Å². The van der Waals surface area contributed by atoms with Crippen LogP contribution >= 0.6 is 0 Å². The van der Waals surface area contributed by atoms with Gasteiger partial charge in [-0.2, -0.15) is 0 Å². The molecule has 23 heavy (non-hydrogen) atoms. The molecule has 0 aliphatic carbocycles. The maximum atomic E-state index is 12.5. The topological polar surface area (TPSA) is 71.7 Å². The number of aliphatic hydroxyl groups excluding tert-OH is 1. The van der Waals surface area contributed by atoms with Crippen LogP contribution in [0.5, 0.6) is 0 Å². The Morgan fingerprint density at radius 2 is 1.91 bits per heavy atom. The minimum atomic E-state index is -0.214. The van der Waals surface area contributed by atoms with Crippen molar-refractivity contribution in [1.82, 2.24) is 5.32 Å². The summed E-state index contributed by atoms with van der Waals surface area (Å²) >= 11 is 0. The van der Waals surface area contributed by atoms with Gasteiger partial charge in [-0.3, -0.25) is 4.79 Å². The summed E-state index contributed by atoms with van der Waals surface area (Å²) < 4.78 is 11.5. The Bertz CT molecular complexity index is 734. The minimum absolute atomic E-state index is 0.0334. The molecular weight excluding hydrogens is 294 g/mol. The highest BCUT2D eigenvalue weighted by molar-refractivity contribution is 6.00. The normalized spacial score (nSPS) is 21.0. The number of hydrogen-bond donors (Lipinski definition) is 2. The van der Waals surface area contributed by atoms with Gasteiger partial charge in [0.25, 0.3) is 5.91 Å². The molecule has 0 saturated carbocycles. The lowest BCUT2D eigenvalue weighted by Crippen LogP contribution is -2.32. The van der Waals surface area contributed by atoms with Crippen LogP contribution in [0.1, 0.15) is 40.1 Å². The van der Waals surface area contributed by atoms with Crippen LogP contribution in [0.4, 0.5) is 0 Å². The van der Waals surface area contributed by atoms with E-state index in [-0.39, 0.29) is 24.7 Å². The fourth-order valence-corrected chi connectivity index (χ4v) is 3.24. The summed E-state index contributed by atoms with van der Waals surface area (Å²) in [5.41, 5.74) is 3.79. The van der Waals surface area contributed by atoms with E-state index in [0.29, 0.717) is 12.3 Å². The molecule has 2 heterocycles. The highest BCUT2D eigenvalue weighted by Gasteiger charge is 2.26. The molecule has 1 aromatic carbocycles. The summed E-state index contributed by atoms with van der Waals surface area (Å²) in [6, 6.07) is 4.05. The summed E-state index contributed by atoms with van der Waals surface area (Å²) in [6.45, 7) is 6.39. The molecule has 1 fully saturated rings. The van der Waals surface area contributed by atoms with Gasteiger partial charge in [-0.15, -0.1) is 0 Å². The molecule has 5 heteroatoms. The first-order valence-electron chi connectivity index (χ1n) is 8.05. The summed E-state index contributed by atoms with van der Waals surface area (Å²) in [4.78, 5) is 12.5. The second-order valence-corrected chi connectivity index (χ2v) is 6.31. The predicted octanol–water partition coefficient (Wildman–Crippen LogP) is 2.63. The molecule has 2 atom stereocenters. The van der Waals surface area contributed by atoms with Crippen LogP contribution in [0.2, 0.25) is 0 Å². The number of carbonyl (C=O) groups is 1. The van der Waals surface area contributed by atoms with E-state index in [1.807, 2.05) is 32.9 Å². The van der Waals surface area contributed by atoms with Crippen LogP contribution in [-0.4, -0.2) is 36.4 Å². The molecular formula is C18H23NO4. The van der Waals surface area contributed by atoms with E-state index in [4.69, 9.17) is 14.3 Å². The molecule has 2 aromatic rings. The molecule has 0 unspecified atom stereocenters. The largest absolute Gasteiger partial charge is 0.450 e. The molecule has 0 bridgehead atoms. The van der Waals surface area contributed by atoms with E-state index in [2.05, 4.69) is 5.32 Å². The summed E-state index contributed by atoms with van der Waals surface area (Å²) in [7, 11) is 0. The van der Waals surface area contributed by atoms with Crippen molar-refractivity contribution >= 4 is 16.9 Å². The molecule has 3 rings (SSSR count). The number of ether oxygens (including phenoxy) is 1. The first-order valence-corrected chi connectivity index (χ1v) is 8.05. The standard InChI is InChI=1S/C18H23NO4/c1-10-4-5-11(2)16-15(10)12(3)17(23-16)18(21)19-8-13-6-7-14(9-20)22-13/h4-5,13-14,20H,6-9H2,1-3H3,(H,19,21)/t13-,14+/m1/s1. The third-order valence-corrected chi connectivity index (χ3v) is 4.58. The molecule has 1 saturated heterocycles. The first kappa shape index (κ1) is 16.0. The number of carbonyl (C=O) groups excluding carboxylic acids is 1. The number of fused-ring (bicyclic) bond motifs is 1. The van der Waals surface area contributed by atoms with Crippen LogP contribution in [0.3, 0.4) is 0 Å².